The van der Waals surface area contributed by atoms with Gasteiger partial charge in [0.2, 0.25) is 0 Å². The van der Waals surface area contributed by atoms with Gasteiger partial charge in [0.15, 0.2) is 5.96 Å². The van der Waals surface area contributed by atoms with Crippen molar-refractivity contribution in [1.29, 1.82) is 0 Å². The molecule has 1 atom stereocenters. The molecular weight excluding hydrogens is 380 g/mol. The van der Waals surface area contributed by atoms with Gasteiger partial charge in [-0.15, -0.1) is 11.3 Å². The van der Waals surface area contributed by atoms with E-state index in [1.807, 2.05) is 47.4 Å². The Kier molecular flexibility index (Phi) is 6.84. The van der Waals surface area contributed by atoms with Crippen LogP contribution in [0.5, 0.6) is 0 Å². The summed E-state index contributed by atoms with van der Waals surface area (Å²) in [5, 5.41) is 12.8. The van der Waals surface area contributed by atoms with Crippen molar-refractivity contribution < 1.29 is 0 Å². The molecule has 6 nitrogen and oxygen atoms in total. The second-order valence-electron chi connectivity index (χ2n) is 5.99. The molecule has 0 bridgehead atoms. The molecule has 2 heterocycles. The number of halogens is 1. The summed E-state index contributed by atoms with van der Waals surface area (Å²) in [6, 6.07) is 9.81. The predicted molar refractivity (Wildman–Crippen MR) is 111 cm³/mol. The number of nitrogens with zero attached hydrogens (tertiary/aromatic N) is 4. The van der Waals surface area contributed by atoms with Crippen LogP contribution in [0.3, 0.4) is 0 Å². The number of aliphatic imine (C=N–C) groups is 1. The number of rotatable bonds is 7. The topological polar surface area (TPSA) is 67.1 Å². The van der Waals surface area contributed by atoms with Gasteiger partial charge in [-0.3, -0.25) is 4.68 Å². The molecule has 0 saturated heterocycles. The van der Waals surface area contributed by atoms with Gasteiger partial charge in [-0.1, -0.05) is 23.7 Å². The van der Waals surface area contributed by atoms with E-state index in [9.17, 15) is 0 Å². The van der Waals surface area contributed by atoms with E-state index < -0.39 is 0 Å². The molecule has 0 spiro atoms. The molecule has 27 heavy (non-hydrogen) atoms. The second kappa shape index (κ2) is 9.53. The average molecular weight is 403 g/mol. The third kappa shape index (κ3) is 5.55. The fourth-order valence-electron chi connectivity index (χ4n) is 2.67. The van der Waals surface area contributed by atoms with Crippen LogP contribution in [0.1, 0.15) is 28.4 Å². The summed E-state index contributed by atoms with van der Waals surface area (Å²) < 4.78 is 1.93. The third-order valence-electron chi connectivity index (χ3n) is 3.95. The highest BCUT2D eigenvalue weighted by Crippen LogP contribution is 2.19. The van der Waals surface area contributed by atoms with E-state index in [-0.39, 0.29) is 6.04 Å². The van der Waals surface area contributed by atoms with Gasteiger partial charge in [-0.2, -0.15) is 5.10 Å². The zero-order valence-electron chi connectivity index (χ0n) is 15.4. The van der Waals surface area contributed by atoms with E-state index in [0.717, 1.165) is 28.1 Å². The molecule has 0 radical (unpaired) electrons. The number of benzene rings is 1. The summed E-state index contributed by atoms with van der Waals surface area (Å²) in [5.74, 6) is 0.761. The fourth-order valence-corrected chi connectivity index (χ4v) is 3.51. The summed E-state index contributed by atoms with van der Waals surface area (Å²) in [7, 11) is 0. The van der Waals surface area contributed by atoms with Gasteiger partial charge in [0.1, 0.15) is 5.01 Å². The van der Waals surface area contributed by atoms with Crippen molar-refractivity contribution in [3.8, 4) is 0 Å². The van der Waals surface area contributed by atoms with Crippen molar-refractivity contribution in [2.45, 2.75) is 26.4 Å². The van der Waals surface area contributed by atoms with Crippen LogP contribution in [0.25, 0.3) is 0 Å². The smallest absolute Gasteiger partial charge is 0.191 e. The number of hydrogen-bond donors (Lipinski definition) is 2. The quantitative estimate of drug-likeness (QED) is 0.467. The molecule has 3 rings (SSSR count). The SMILES string of the molecule is CCNC(=NCc1ncc(C)s1)NCC(c1ccc(Cl)cc1)n1cccn1. The fraction of sp³-hybridized carbons (Fsp3) is 0.316. The van der Waals surface area contributed by atoms with Crippen molar-refractivity contribution in [2.75, 3.05) is 13.1 Å². The first-order valence-corrected chi connectivity index (χ1v) is 10.0. The first-order chi connectivity index (χ1) is 13.2. The summed E-state index contributed by atoms with van der Waals surface area (Å²) in [6.45, 7) is 6.09. The van der Waals surface area contributed by atoms with E-state index >= 15 is 0 Å². The Morgan fingerprint density at radius 1 is 1.30 bits per heavy atom. The summed E-state index contributed by atoms with van der Waals surface area (Å²) in [5.41, 5.74) is 1.13. The third-order valence-corrected chi connectivity index (χ3v) is 5.10. The lowest BCUT2D eigenvalue weighted by Gasteiger charge is -2.20. The molecule has 0 amide bonds. The van der Waals surface area contributed by atoms with Gasteiger partial charge in [0.25, 0.3) is 0 Å². The minimum atomic E-state index is 0.0308. The molecule has 3 aromatic rings. The van der Waals surface area contributed by atoms with Gasteiger partial charge < -0.3 is 10.6 Å². The molecule has 2 aromatic heterocycles. The number of guanidine groups is 1. The minimum Gasteiger partial charge on any atom is -0.357 e. The zero-order chi connectivity index (χ0) is 19.1. The number of nitrogens with one attached hydrogen (secondary N) is 2. The molecule has 0 saturated carbocycles. The summed E-state index contributed by atoms with van der Waals surface area (Å²) in [4.78, 5) is 10.2. The van der Waals surface area contributed by atoms with Crippen LogP contribution in [-0.2, 0) is 6.54 Å². The van der Waals surface area contributed by atoms with Crippen molar-refractivity contribution in [1.82, 2.24) is 25.4 Å². The van der Waals surface area contributed by atoms with Gasteiger partial charge in [0, 0.05) is 41.6 Å². The van der Waals surface area contributed by atoms with E-state index in [1.54, 1.807) is 17.5 Å². The largest absolute Gasteiger partial charge is 0.357 e. The number of aromatic nitrogens is 3. The average Bonchev–Trinajstić information content (AvgIpc) is 3.33. The summed E-state index contributed by atoms with van der Waals surface area (Å²) >= 11 is 7.71. The standard InChI is InChI=1S/C19H23ClN6S/c1-3-21-19(24-13-18-22-11-14(2)27-18)23-12-17(26-10-4-9-25-26)15-5-7-16(20)8-6-15/h4-11,17H,3,12-13H2,1-2H3,(H2,21,23,24). The molecule has 1 aromatic carbocycles. The second-order valence-corrected chi connectivity index (χ2v) is 7.75. The predicted octanol–water partition coefficient (Wildman–Crippen LogP) is 3.65. The Morgan fingerprint density at radius 3 is 2.74 bits per heavy atom. The minimum absolute atomic E-state index is 0.0308. The lowest BCUT2D eigenvalue weighted by atomic mass is 10.1. The van der Waals surface area contributed by atoms with E-state index in [1.165, 1.54) is 4.88 Å². The van der Waals surface area contributed by atoms with Gasteiger partial charge in [-0.25, -0.2) is 9.98 Å². The van der Waals surface area contributed by atoms with E-state index in [2.05, 4.69) is 39.6 Å². The van der Waals surface area contributed by atoms with Crippen molar-refractivity contribution >= 4 is 28.9 Å². The molecule has 2 N–H and O–H groups in total. The lowest BCUT2D eigenvalue weighted by Crippen LogP contribution is -2.40. The molecule has 142 valence electrons. The van der Waals surface area contributed by atoms with Crippen molar-refractivity contribution in [2.24, 2.45) is 4.99 Å². The maximum Gasteiger partial charge on any atom is 0.191 e. The van der Waals surface area contributed by atoms with Gasteiger partial charge in [0.05, 0.1) is 12.6 Å². The van der Waals surface area contributed by atoms with Gasteiger partial charge >= 0.3 is 0 Å². The normalized spacial score (nSPS) is 12.8. The molecule has 8 heteroatoms. The van der Waals surface area contributed by atoms with Crippen LogP contribution in [0.4, 0.5) is 0 Å². The van der Waals surface area contributed by atoms with Crippen LogP contribution >= 0.6 is 22.9 Å². The maximum atomic E-state index is 6.04. The highest BCUT2D eigenvalue weighted by molar-refractivity contribution is 7.11. The Balaban J connectivity index is 1.72. The molecule has 0 fully saturated rings. The van der Waals surface area contributed by atoms with E-state index in [4.69, 9.17) is 11.6 Å². The van der Waals surface area contributed by atoms with Crippen LogP contribution in [0.2, 0.25) is 5.02 Å². The zero-order valence-corrected chi connectivity index (χ0v) is 17.0. The molecule has 0 aliphatic carbocycles. The summed E-state index contributed by atoms with van der Waals surface area (Å²) in [6.07, 6.45) is 5.63. The number of aryl methyl sites for hydroxylation is 1. The maximum absolute atomic E-state index is 6.04. The van der Waals surface area contributed by atoms with Crippen molar-refractivity contribution in [3.05, 3.63) is 69.4 Å². The number of hydrogen-bond acceptors (Lipinski definition) is 4. The lowest BCUT2D eigenvalue weighted by molar-refractivity contribution is 0.511. The highest BCUT2D eigenvalue weighted by Gasteiger charge is 2.15. The van der Waals surface area contributed by atoms with Crippen LogP contribution in [0, 0.1) is 6.92 Å². The first-order valence-electron chi connectivity index (χ1n) is 8.83. The molecular formula is C19H23ClN6S. The Hall–Kier alpha value is -2.38. The van der Waals surface area contributed by atoms with Gasteiger partial charge in [-0.05, 0) is 37.6 Å². The number of thiazole rings is 1. The molecule has 0 aliphatic heterocycles. The highest BCUT2D eigenvalue weighted by atomic mass is 35.5. The Labute approximate surface area is 168 Å². The molecule has 1 unspecified atom stereocenters. The molecule has 0 aliphatic rings. The Bertz CT molecular complexity index is 857. The van der Waals surface area contributed by atoms with Crippen LogP contribution in [0.15, 0.2) is 53.9 Å². The Morgan fingerprint density at radius 2 is 2.11 bits per heavy atom. The van der Waals surface area contributed by atoms with Crippen LogP contribution < -0.4 is 10.6 Å². The monoisotopic (exact) mass is 402 g/mol. The van der Waals surface area contributed by atoms with E-state index in [0.29, 0.717) is 13.1 Å². The van der Waals surface area contributed by atoms with Crippen molar-refractivity contribution in [3.63, 3.8) is 0 Å². The van der Waals surface area contributed by atoms with Crippen LogP contribution in [-0.4, -0.2) is 33.8 Å². The first kappa shape index (κ1) is 19.4.